The van der Waals surface area contributed by atoms with E-state index in [9.17, 15) is 0 Å². The molecule has 0 amide bonds. The Morgan fingerprint density at radius 1 is 0.880 bits per heavy atom. The largest absolute Gasteiger partial charge is 0.329 e. The Balaban J connectivity index is 1.69. The maximum absolute atomic E-state index is 6.49. The monoisotopic (exact) mass is 334 g/mol. The number of nitrogens with zero attached hydrogens (tertiary/aromatic N) is 1. The van der Waals surface area contributed by atoms with E-state index < -0.39 is 0 Å². The van der Waals surface area contributed by atoms with Crippen LogP contribution in [0.2, 0.25) is 0 Å². The van der Waals surface area contributed by atoms with E-state index in [0.29, 0.717) is 6.54 Å². The first-order valence-corrected chi connectivity index (χ1v) is 9.76. The van der Waals surface area contributed by atoms with Gasteiger partial charge in [-0.15, -0.1) is 0 Å². The molecule has 2 fully saturated rings. The lowest BCUT2D eigenvalue weighted by molar-refractivity contribution is 0.119. The molecule has 2 bridgehead atoms. The maximum Gasteiger partial charge on any atom is 0.0327 e. The number of rotatable bonds is 5. The predicted molar refractivity (Wildman–Crippen MR) is 105 cm³/mol. The normalized spacial score (nSPS) is 26.7. The lowest BCUT2D eigenvalue weighted by Crippen LogP contribution is -2.44. The van der Waals surface area contributed by atoms with Crippen LogP contribution in [-0.2, 0) is 5.41 Å². The smallest absolute Gasteiger partial charge is 0.0327 e. The molecule has 0 saturated carbocycles. The summed E-state index contributed by atoms with van der Waals surface area (Å²) in [5.41, 5.74) is 9.16. The molecule has 0 radical (unpaired) electrons. The third-order valence-electron chi connectivity index (χ3n) is 6.83. The molecule has 132 valence electrons. The van der Waals surface area contributed by atoms with Gasteiger partial charge in [0.1, 0.15) is 0 Å². The Morgan fingerprint density at radius 2 is 1.36 bits per heavy atom. The lowest BCUT2D eigenvalue weighted by Gasteiger charge is -2.42. The van der Waals surface area contributed by atoms with Crippen molar-refractivity contribution < 1.29 is 0 Å². The summed E-state index contributed by atoms with van der Waals surface area (Å²) < 4.78 is 0. The molecule has 2 unspecified atom stereocenters. The quantitative estimate of drug-likeness (QED) is 0.888. The number of hydrogen-bond acceptors (Lipinski definition) is 2. The molecule has 25 heavy (non-hydrogen) atoms. The van der Waals surface area contributed by atoms with Crippen LogP contribution in [0.4, 0.5) is 0 Å². The summed E-state index contributed by atoms with van der Waals surface area (Å²) in [6.07, 6.45) is 6.58. The zero-order chi connectivity index (χ0) is 17.3. The first kappa shape index (κ1) is 16.8. The summed E-state index contributed by atoms with van der Waals surface area (Å²) in [6.45, 7) is 0.669. The summed E-state index contributed by atoms with van der Waals surface area (Å²) in [5.74, 6) is 0.762. The van der Waals surface area contributed by atoms with Crippen LogP contribution >= 0.6 is 0 Å². The highest BCUT2D eigenvalue weighted by molar-refractivity contribution is 5.40. The Bertz CT molecular complexity index is 628. The van der Waals surface area contributed by atoms with Crippen molar-refractivity contribution >= 4 is 0 Å². The molecule has 2 heterocycles. The predicted octanol–water partition coefficient (Wildman–Crippen LogP) is 4.19. The number of benzene rings is 2. The van der Waals surface area contributed by atoms with Crippen molar-refractivity contribution in [3.8, 4) is 0 Å². The number of piperidine rings is 1. The van der Waals surface area contributed by atoms with Gasteiger partial charge >= 0.3 is 0 Å². The van der Waals surface area contributed by atoms with E-state index in [1.165, 1.54) is 43.2 Å². The average Bonchev–Trinajstić information content (AvgIpc) is 2.88. The molecule has 2 aromatic rings. The van der Waals surface area contributed by atoms with E-state index in [2.05, 4.69) is 72.6 Å². The van der Waals surface area contributed by atoms with Crippen LogP contribution in [0, 0.1) is 5.92 Å². The molecule has 2 aliphatic rings. The van der Waals surface area contributed by atoms with Gasteiger partial charge in [0, 0.05) is 24.0 Å². The standard InChI is InChI=1S/C23H30N2/c1-25-21-12-13-22(25)15-18(14-21)16-23(17-24,19-8-4-2-5-9-19)20-10-6-3-7-11-20/h2-11,18,21-22H,12-17,24H2,1H3. The minimum Gasteiger partial charge on any atom is -0.329 e. The van der Waals surface area contributed by atoms with Crippen molar-refractivity contribution in [1.29, 1.82) is 0 Å². The second kappa shape index (κ2) is 6.93. The number of hydrogen-bond donors (Lipinski definition) is 1. The first-order chi connectivity index (χ1) is 12.2. The van der Waals surface area contributed by atoms with Gasteiger partial charge in [-0.05, 0) is 56.2 Å². The SMILES string of the molecule is CN1C2CCC1CC(CC(CN)(c1ccccc1)c1ccccc1)C2. The van der Waals surface area contributed by atoms with Crippen molar-refractivity contribution in [2.24, 2.45) is 11.7 Å². The molecule has 0 aromatic heterocycles. The van der Waals surface area contributed by atoms with Gasteiger partial charge in [0.2, 0.25) is 0 Å². The molecule has 2 aromatic carbocycles. The highest BCUT2D eigenvalue weighted by Crippen LogP contribution is 2.45. The minimum atomic E-state index is -0.0669. The van der Waals surface area contributed by atoms with Crippen molar-refractivity contribution in [3.63, 3.8) is 0 Å². The van der Waals surface area contributed by atoms with Gasteiger partial charge in [-0.25, -0.2) is 0 Å². The van der Waals surface area contributed by atoms with Crippen molar-refractivity contribution in [3.05, 3.63) is 71.8 Å². The van der Waals surface area contributed by atoms with Gasteiger partial charge in [0.15, 0.2) is 0 Å². The second-order valence-corrected chi connectivity index (χ2v) is 8.11. The number of fused-ring (bicyclic) bond motifs is 2. The van der Waals surface area contributed by atoms with Gasteiger partial charge in [-0.1, -0.05) is 60.7 Å². The van der Waals surface area contributed by atoms with E-state index in [4.69, 9.17) is 5.73 Å². The molecular weight excluding hydrogens is 304 g/mol. The van der Waals surface area contributed by atoms with Crippen LogP contribution in [-0.4, -0.2) is 30.6 Å². The average molecular weight is 335 g/mol. The number of nitrogens with two attached hydrogens (primary N) is 1. The van der Waals surface area contributed by atoms with Crippen LogP contribution in [0.25, 0.3) is 0 Å². The van der Waals surface area contributed by atoms with E-state index in [-0.39, 0.29) is 5.41 Å². The van der Waals surface area contributed by atoms with E-state index in [1.807, 2.05) is 0 Å². The molecule has 0 spiro atoms. The molecule has 2 atom stereocenters. The molecular formula is C23H30N2. The minimum absolute atomic E-state index is 0.0669. The van der Waals surface area contributed by atoms with Crippen LogP contribution in [0.3, 0.4) is 0 Å². The highest BCUT2D eigenvalue weighted by Gasteiger charge is 2.42. The molecule has 2 N–H and O–H groups in total. The fourth-order valence-corrected chi connectivity index (χ4v) is 5.42. The van der Waals surface area contributed by atoms with Crippen LogP contribution < -0.4 is 5.73 Å². The molecule has 2 saturated heterocycles. The van der Waals surface area contributed by atoms with Crippen molar-refractivity contribution in [2.75, 3.05) is 13.6 Å². The van der Waals surface area contributed by atoms with Crippen LogP contribution in [0.15, 0.2) is 60.7 Å². The van der Waals surface area contributed by atoms with Crippen molar-refractivity contribution in [2.45, 2.75) is 49.6 Å². The molecule has 2 aliphatic heterocycles. The van der Waals surface area contributed by atoms with E-state index >= 15 is 0 Å². The Kier molecular flexibility index (Phi) is 4.66. The summed E-state index contributed by atoms with van der Waals surface area (Å²) in [4.78, 5) is 2.63. The summed E-state index contributed by atoms with van der Waals surface area (Å²) in [6, 6.07) is 23.5. The summed E-state index contributed by atoms with van der Waals surface area (Å²) >= 11 is 0. The fraction of sp³-hybridized carbons (Fsp3) is 0.478. The van der Waals surface area contributed by atoms with Crippen LogP contribution in [0.1, 0.15) is 43.2 Å². The molecule has 4 rings (SSSR count). The fourth-order valence-electron chi connectivity index (χ4n) is 5.42. The third kappa shape index (κ3) is 3.02. The molecule has 0 aliphatic carbocycles. The van der Waals surface area contributed by atoms with Gasteiger partial charge < -0.3 is 10.6 Å². The Labute approximate surface area is 152 Å². The van der Waals surface area contributed by atoms with E-state index in [1.54, 1.807) is 0 Å². The van der Waals surface area contributed by atoms with Crippen molar-refractivity contribution in [1.82, 2.24) is 4.90 Å². The molecule has 2 heteroatoms. The molecule has 2 nitrogen and oxygen atoms in total. The van der Waals surface area contributed by atoms with Crippen LogP contribution in [0.5, 0.6) is 0 Å². The zero-order valence-corrected chi connectivity index (χ0v) is 15.3. The van der Waals surface area contributed by atoms with Gasteiger partial charge in [-0.3, -0.25) is 0 Å². The van der Waals surface area contributed by atoms with E-state index in [0.717, 1.165) is 18.0 Å². The summed E-state index contributed by atoms with van der Waals surface area (Å²) in [5, 5.41) is 0. The first-order valence-electron chi connectivity index (χ1n) is 9.76. The Morgan fingerprint density at radius 3 is 1.80 bits per heavy atom. The topological polar surface area (TPSA) is 29.3 Å². The summed E-state index contributed by atoms with van der Waals surface area (Å²) in [7, 11) is 2.32. The second-order valence-electron chi connectivity index (χ2n) is 8.11. The van der Waals surface area contributed by atoms with Gasteiger partial charge in [-0.2, -0.15) is 0 Å². The third-order valence-corrected chi connectivity index (χ3v) is 6.83. The lowest BCUT2D eigenvalue weighted by atomic mass is 9.67. The Hall–Kier alpha value is -1.64. The zero-order valence-electron chi connectivity index (χ0n) is 15.3. The highest BCUT2D eigenvalue weighted by atomic mass is 15.2. The van der Waals surface area contributed by atoms with Gasteiger partial charge in [0.25, 0.3) is 0 Å². The van der Waals surface area contributed by atoms with Gasteiger partial charge in [0.05, 0.1) is 0 Å². The maximum atomic E-state index is 6.49.